The van der Waals surface area contributed by atoms with Crippen molar-refractivity contribution in [3.63, 3.8) is 0 Å². The zero-order chi connectivity index (χ0) is 11.6. The van der Waals surface area contributed by atoms with Gasteiger partial charge >= 0.3 is 0 Å². The molecule has 2 heterocycles. The van der Waals surface area contributed by atoms with Crippen LogP contribution in [0.5, 0.6) is 0 Å². The third kappa shape index (κ3) is 2.69. The molecule has 1 aliphatic rings. The van der Waals surface area contributed by atoms with E-state index in [1.165, 1.54) is 11.5 Å². The van der Waals surface area contributed by atoms with Crippen molar-refractivity contribution in [1.82, 2.24) is 14.5 Å². The van der Waals surface area contributed by atoms with Crippen molar-refractivity contribution >= 4 is 16.5 Å². The van der Waals surface area contributed by atoms with Crippen molar-refractivity contribution < 1.29 is 5.11 Å². The van der Waals surface area contributed by atoms with Crippen molar-refractivity contribution in [3.8, 4) is 0 Å². The molecule has 1 aromatic rings. The van der Waals surface area contributed by atoms with Gasteiger partial charge in [0.1, 0.15) is 10.7 Å². The Hall–Kier alpha value is -0.720. The zero-order valence-electron chi connectivity index (χ0n) is 9.73. The predicted molar refractivity (Wildman–Crippen MR) is 64.6 cm³/mol. The van der Waals surface area contributed by atoms with Gasteiger partial charge in [0.2, 0.25) is 0 Å². The molecule has 0 aromatic carbocycles. The molecule has 5 nitrogen and oxygen atoms in total. The highest BCUT2D eigenvalue weighted by molar-refractivity contribution is 7.10. The van der Waals surface area contributed by atoms with Gasteiger partial charge in [-0.1, -0.05) is 4.49 Å². The van der Waals surface area contributed by atoms with Crippen molar-refractivity contribution in [2.45, 2.75) is 31.9 Å². The lowest BCUT2D eigenvalue weighted by Gasteiger charge is -2.35. The maximum Gasteiger partial charge on any atom is 0.134 e. The fraction of sp³-hybridized carbons (Fsp3) is 0.800. The molecule has 0 aliphatic carbocycles. The quantitative estimate of drug-likeness (QED) is 0.825. The van der Waals surface area contributed by atoms with Gasteiger partial charge in [0.15, 0.2) is 0 Å². The summed E-state index contributed by atoms with van der Waals surface area (Å²) in [6.07, 6.45) is 1.67. The second-order valence-corrected chi connectivity index (χ2v) is 5.33. The molecule has 0 unspecified atom stereocenters. The molecule has 0 saturated carbocycles. The molecule has 1 fully saturated rings. The number of hydrogen-bond donors (Lipinski definition) is 2. The number of aromatic nitrogens is 2. The summed E-state index contributed by atoms with van der Waals surface area (Å²) in [7, 11) is 1.89. The minimum absolute atomic E-state index is 0.483. The van der Waals surface area contributed by atoms with Gasteiger partial charge in [-0.05, 0) is 19.8 Å². The molecular formula is C10H18N4OS. The van der Waals surface area contributed by atoms with Crippen LogP contribution in [0.2, 0.25) is 0 Å². The van der Waals surface area contributed by atoms with Crippen LogP contribution in [-0.2, 0) is 6.54 Å². The maximum absolute atomic E-state index is 9.85. The van der Waals surface area contributed by atoms with Crippen LogP contribution in [0, 0.1) is 0 Å². The molecule has 0 radical (unpaired) electrons. The Balaban J connectivity index is 1.92. The Morgan fingerprint density at radius 1 is 1.50 bits per heavy atom. The summed E-state index contributed by atoms with van der Waals surface area (Å²) in [6.45, 7) is 4.58. The van der Waals surface area contributed by atoms with Gasteiger partial charge in [-0.3, -0.25) is 4.90 Å². The van der Waals surface area contributed by atoms with Crippen molar-refractivity contribution in [1.29, 1.82) is 0 Å². The second kappa shape index (κ2) is 4.65. The molecule has 1 aromatic heterocycles. The summed E-state index contributed by atoms with van der Waals surface area (Å²) in [5.74, 6) is 0. The third-order valence-corrected chi connectivity index (χ3v) is 3.88. The average Bonchev–Trinajstić information content (AvgIpc) is 2.68. The first-order chi connectivity index (χ1) is 7.61. The normalized spacial score (nSPS) is 20.9. The largest absolute Gasteiger partial charge is 0.390 e. The van der Waals surface area contributed by atoms with Crippen molar-refractivity contribution in [2.24, 2.45) is 0 Å². The SMILES string of the molecule is CNc1snnc1CN1CCC(C)(O)CC1. The Morgan fingerprint density at radius 3 is 2.81 bits per heavy atom. The monoisotopic (exact) mass is 242 g/mol. The van der Waals surface area contributed by atoms with E-state index >= 15 is 0 Å². The fourth-order valence-electron chi connectivity index (χ4n) is 1.91. The highest BCUT2D eigenvalue weighted by Gasteiger charge is 2.27. The number of anilines is 1. The number of aliphatic hydroxyl groups is 1. The first-order valence-electron chi connectivity index (χ1n) is 5.54. The molecule has 6 heteroatoms. The number of piperidine rings is 1. The molecule has 0 spiro atoms. The summed E-state index contributed by atoms with van der Waals surface area (Å²) in [5.41, 5.74) is 0.525. The van der Waals surface area contributed by atoms with Gasteiger partial charge in [-0.2, -0.15) is 0 Å². The molecule has 2 rings (SSSR count). The molecule has 1 saturated heterocycles. The topological polar surface area (TPSA) is 61.3 Å². The number of likely N-dealkylation sites (tertiary alicyclic amines) is 1. The Kier molecular flexibility index (Phi) is 3.41. The maximum atomic E-state index is 9.85. The molecule has 90 valence electrons. The van der Waals surface area contributed by atoms with E-state index in [0.717, 1.165) is 43.2 Å². The molecular weight excluding hydrogens is 224 g/mol. The summed E-state index contributed by atoms with van der Waals surface area (Å²) >= 11 is 1.39. The van der Waals surface area contributed by atoms with Crippen LogP contribution in [0.3, 0.4) is 0 Å². The zero-order valence-corrected chi connectivity index (χ0v) is 10.5. The van der Waals surface area contributed by atoms with Crippen LogP contribution in [0.1, 0.15) is 25.5 Å². The lowest BCUT2D eigenvalue weighted by Crippen LogP contribution is -2.42. The smallest absolute Gasteiger partial charge is 0.134 e. The molecule has 1 aliphatic heterocycles. The van der Waals surface area contributed by atoms with Gasteiger partial charge in [0.25, 0.3) is 0 Å². The highest BCUT2D eigenvalue weighted by atomic mass is 32.1. The number of nitrogens with zero attached hydrogens (tertiary/aromatic N) is 3. The van der Waals surface area contributed by atoms with Crippen LogP contribution < -0.4 is 5.32 Å². The highest BCUT2D eigenvalue weighted by Crippen LogP contribution is 2.24. The first-order valence-corrected chi connectivity index (χ1v) is 6.32. The molecule has 16 heavy (non-hydrogen) atoms. The second-order valence-electron chi connectivity index (χ2n) is 4.57. The van der Waals surface area contributed by atoms with Gasteiger partial charge in [-0.25, -0.2) is 0 Å². The predicted octanol–water partition coefficient (Wildman–Crippen LogP) is 0.927. The van der Waals surface area contributed by atoms with Crippen LogP contribution >= 0.6 is 11.5 Å². The summed E-state index contributed by atoms with van der Waals surface area (Å²) < 4.78 is 3.94. The van der Waals surface area contributed by atoms with E-state index in [2.05, 4.69) is 19.8 Å². The van der Waals surface area contributed by atoms with Gasteiger partial charge < -0.3 is 10.4 Å². The van der Waals surface area contributed by atoms with Gasteiger partial charge in [-0.15, -0.1) is 5.10 Å². The van der Waals surface area contributed by atoms with E-state index in [-0.39, 0.29) is 0 Å². The van der Waals surface area contributed by atoms with Crippen molar-refractivity contribution in [2.75, 3.05) is 25.5 Å². The minimum atomic E-state index is -0.483. The minimum Gasteiger partial charge on any atom is -0.390 e. The Labute approximate surface area is 99.6 Å². The lowest BCUT2D eigenvalue weighted by atomic mass is 9.94. The number of rotatable bonds is 3. The van der Waals surface area contributed by atoms with E-state index in [4.69, 9.17) is 0 Å². The van der Waals surface area contributed by atoms with Gasteiger partial charge in [0.05, 0.1) is 5.60 Å². The van der Waals surface area contributed by atoms with Crippen LogP contribution in [0.25, 0.3) is 0 Å². The standard InChI is InChI=1S/C10H18N4OS/c1-10(15)3-5-14(6-4-10)7-8-9(11-2)16-13-12-8/h11,15H,3-7H2,1-2H3. The number of nitrogens with one attached hydrogen (secondary N) is 1. The molecule has 0 atom stereocenters. The lowest BCUT2D eigenvalue weighted by molar-refractivity contribution is -0.00752. The summed E-state index contributed by atoms with van der Waals surface area (Å²) in [6, 6.07) is 0. The first kappa shape index (κ1) is 11.8. The summed E-state index contributed by atoms with van der Waals surface area (Å²) in [4.78, 5) is 2.32. The van der Waals surface area contributed by atoms with E-state index < -0.39 is 5.60 Å². The summed E-state index contributed by atoms with van der Waals surface area (Å²) in [5, 5.41) is 18.1. The average molecular weight is 242 g/mol. The Morgan fingerprint density at radius 2 is 2.19 bits per heavy atom. The van der Waals surface area contributed by atoms with Gasteiger partial charge in [0, 0.05) is 38.2 Å². The number of hydrogen-bond acceptors (Lipinski definition) is 6. The van der Waals surface area contributed by atoms with E-state index in [1.807, 2.05) is 14.0 Å². The molecule has 0 amide bonds. The van der Waals surface area contributed by atoms with E-state index in [1.54, 1.807) is 0 Å². The van der Waals surface area contributed by atoms with E-state index in [0.29, 0.717) is 0 Å². The van der Waals surface area contributed by atoms with Crippen LogP contribution in [0.4, 0.5) is 5.00 Å². The fourth-order valence-corrected chi connectivity index (χ4v) is 2.43. The molecule has 0 bridgehead atoms. The molecule has 2 N–H and O–H groups in total. The third-order valence-electron chi connectivity index (χ3n) is 3.09. The van der Waals surface area contributed by atoms with Crippen LogP contribution in [0.15, 0.2) is 0 Å². The Bertz CT molecular complexity index is 342. The van der Waals surface area contributed by atoms with Crippen LogP contribution in [-0.4, -0.2) is 45.3 Å². The van der Waals surface area contributed by atoms with Crippen molar-refractivity contribution in [3.05, 3.63) is 5.69 Å². The van der Waals surface area contributed by atoms with E-state index in [9.17, 15) is 5.11 Å².